The van der Waals surface area contributed by atoms with Crippen molar-refractivity contribution in [1.82, 2.24) is 10.6 Å². The molecule has 2 rings (SSSR count). The number of rotatable bonds is 9. The molecule has 0 aliphatic carbocycles. The number of nitrogens with zero attached hydrogens (tertiary/aromatic N) is 1. The SMILES string of the molecule is CCCCOCCCNC(=NC)NCc1cc2ccccc2o1.I. The third-order valence-corrected chi connectivity index (χ3v) is 3.53. The summed E-state index contributed by atoms with van der Waals surface area (Å²) in [6.07, 6.45) is 3.28. The number of hydrogen-bond donors (Lipinski definition) is 2. The second-order valence-electron chi connectivity index (χ2n) is 5.42. The van der Waals surface area contributed by atoms with E-state index in [-0.39, 0.29) is 24.0 Å². The van der Waals surface area contributed by atoms with E-state index in [9.17, 15) is 0 Å². The number of hydrogen-bond acceptors (Lipinski definition) is 3. The highest BCUT2D eigenvalue weighted by Crippen LogP contribution is 2.18. The lowest BCUT2D eigenvalue weighted by atomic mass is 10.2. The maximum Gasteiger partial charge on any atom is 0.191 e. The van der Waals surface area contributed by atoms with Crippen molar-refractivity contribution < 1.29 is 9.15 Å². The van der Waals surface area contributed by atoms with Crippen molar-refractivity contribution in [1.29, 1.82) is 0 Å². The Morgan fingerprint density at radius 1 is 1.17 bits per heavy atom. The van der Waals surface area contributed by atoms with Gasteiger partial charge < -0.3 is 19.8 Å². The van der Waals surface area contributed by atoms with Gasteiger partial charge in [0.15, 0.2) is 5.96 Å². The van der Waals surface area contributed by atoms with E-state index in [1.54, 1.807) is 7.05 Å². The summed E-state index contributed by atoms with van der Waals surface area (Å²) in [5, 5.41) is 7.67. The Bertz CT molecular complexity index is 580. The van der Waals surface area contributed by atoms with E-state index in [1.807, 2.05) is 24.3 Å². The first-order valence-electron chi connectivity index (χ1n) is 8.33. The van der Waals surface area contributed by atoms with E-state index >= 15 is 0 Å². The number of para-hydroxylation sites is 1. The number of furan rings is 1. The van der Waals surface area contributed by atoms with Crippen molar-refractivity contribution in [3.63, 3.8) is 0 Å². The highest BCUT2D eigenvalue weighted by molar-refractivity contribution is 14.0. The zero-order chi connectivity index (χ0) is 16.3. The first kappa shape index (κ1) is 20.8. The average Bonchev–Trinajstić information content (AvgIpc) is 2.99. The molecule has 0 amide bonds. The molecular weight excluding hydrogens is 417 g/mol. The minimum absolute atomic E-state index is 0. The first-order chi connectivity index (χ1) is 11.3. The lowest BCUT2D eigenvalue weighted by Gasteiger charge is -2.11. The van der Waals surface area contributed by atoms with Crippen LogP contribution in [-0.2, 0) is 11.3 Å². The molecule has 5 nitrogen and oxygen atoms in total. The quantitative estimate of drug-likeness (QED) is 0.266. The second-order valence-corrected chi connectivity index (χ2v) is 5.42. The van der Waals surface area contributed by atoms with Crippen LogP contribution in [0.2, 0.25) is 0 Å². The van der Waals surface area contributed by atoms with Crippen LogP contribution in [0.1, 0.15) is 31.9 Å². The maximum atomic E-state index is 5.78. The summed E-state index contributed by atoms with van der Waals surface area (Å²) in [6, 6.07) is 10.1. The number of guanidine groups is 1. The van der Waals surface area contributed by atoms with Crippen molar-refractivity contribution in [2.24, 2.45) is 4.99 Å². The fraction of sp³-hybridized carbons (Fsp3) is 0.500. The summed E-state index contributed by atoms with van der Waals surface area (Å²) >= 11 is 0. The van der Waals surface area contributed by atoms with Crippen LogP contribution in [0.3, 0.4) is 0 Å². The molecule has 0 saturated heterocycles. The highest BCUT2D eigenvalue weighted by Gasteiger charge is 2.04. The molecule has 0 aliphatic rings. The van der Waals surface area contributed by atoms with Gasteiger partial charge in [0, 0.05) is 32.2 Å². The zero-order valence-corrected chi connectivity index (χ0v) is 16.8. The Hall–Kier alpha value is -1.28. The summed E-state index contributed by atoms with van der Waals surface area (Å²) in [4.78, 5) is 4.22. The molecule has 6 heteroatoms. The van der Waals surface area contributed by atoms with Crippen molar-refractivity contribution in [2.45, 2.75) is 32.7 Å². The van der Waals surface area contributed by atoms with Crippen molar-refractivity contribution in [3.8, 4) is 0 Å². The molecule has 0 fully saturated rings. The Kier molecular flexibility index (Phi) is 10.5. The second kappa shape index (κ2) is 12.1. The Labute approximate surface area is 161 Å². The van der Waals surface area contributed by atoms with E-state index in [0.717, 1.165) is 55.3 Å². The van der Waals surface area contributed by atoms with Gasteiger partial charge in [0.1, 0.15) is 11.3 Å². The molecule has 0 unspecified atom stereocenters. The van der Waals surface area contributed by atoms with Gasteiger partial charge in [0.05, 0.1) is 6.54 Å². The summed E-state index contributed by atoms with van der Waals surface area (Å²) in [7, 11) is 1.77. The third kappa shape index (κ3) is 7.09. The van der Waals surface area contributed by atoms with Crippen LogP contribution in [0, 0.1) is 0 Å². The largest absolute Gasteiger partial charge is 0.459 e. The monoisotopic (exact) mass is 445 g/mol. The molecule has 0 atom stereocenters. The van der Waals surface area contributed by atoms with E-state index < -0.39 is 0 Å². The molecule has 0 bridgehead atoms. The van der Waals surface area contributed by atoms with E-state index in [1.165, 1.54) is 6.42 Å². The van der Waals surface area contributed by atoms with Crippen molar-refractivity contribution in [3.05, 3.63) is 36.1 Å². The lowest BCUT2D eigenvalue weighted by Crippen LogP contribution is -2.37. The van der Waals surface area contributed by atoms with Crippen LogP contribution in [0.5, 0.6) is 0 Å². The topological polar surface area (TPSA) is 58.8 Å². The van der Waals surface area contributed by atoms with Gasteiger partial charge in [-0.1, -0.05) is 31.5 Å². The molecule has 1 heterocycles. The zero-order valence-electron chi connectivity index (χ0n) is 14.5. The van der Waals surface area contributed by atoms with Gasteiger partial charge in [0.25, 0.3) is 0 Å². The van der Waals surface area contributed by atoms with Gasteiger partial charge in [-0.3, -0.25) is 4.99 Å². The molecule has 2 N–H and O–H groups in total. The van der Waals surface area contributed by atoms with Crippen LogP contribution < -0.4 is 10.6 Å². The van der Waals surface area contributed by atoms with E-state index in [0.29, 0.717) is 6.54 Å². The standard InChI is InChI=1S/C18H27N3O2.HI/c1-3-4-11-22-12-7-10-20-18(19-2)21-14-16-13-15-8-5-6-9-17(15)23-16;/h5-6,8-9,13H,3-4,7,10-12,14H2,1-2H3,(H2,19,20,21);1H. The number of ether oxygens (including phenoxy) is 1. The molecule has 134 valence electrons. The minimum atomic E-state index is 0. The van der Waals surface area contributed by atoms with Crippen molar-refractivity contribution in [2.75, 3.05) is 26.8 Å². The lowest BCUT2D eigenvalue weighted by molar-refractivity contribution is 0.129. The van der Waals surface area contributed by atoms with E-state index in [4.69, 9.17) is 9.15 Å². The Morgan fingerprint density at radius 3 is 2.71 bits per heavy atom. The summed E-state index contributed by atoms with van der Waals surface area (Å²) < 4.78 is 11.3. The molecule has 0 saturated carbocycles. The molecule has 0 aliphatic heterocycles. The molecule has 2 aromatic rings. The van der Waals surface area contributed by atoms with Crippen LogP contribution in [0.4, 0.5) is 0 Å². The number of aliphatic imine (C=N–C) groups is 1. The first-order valence-corrected chi connectivity index (χ1v) is 8.33. The average molecular weight is 445 g/mol. The number of unbranched alkanes of at least 4 members (excludes halogenated alkanes) is 1. The van der Waals surface area contributed by atoms with Crippen LogP contribution in [0.15, 0.2) is 39.7 Å². The fourth-order valence-electron chi connectivity index (χ4n) is 2.24. The fourth-order valence-corrected chi connectivity index (χ4v) is 2.24. The number of fused-ring (bicyclic) bond motifs is 1. The van der Waals surface area contributed by atoms with Crippen LogP contribution >= 0.6 is 24.0 Å². The van der Waals surface area contributed by atoms with Crippen LogP contribution in [-0.4, -0.2) is 32.8 Å². The normalized spacial score (nSPS) is 11.3. The highest BCUT2D eigenvalue weighted by atomic mass is 127. The molecular formula is C18H28IN3O2. The molecule has 0 radical (unpaired) electrons. The number of benzene rings is 1. The Balaban J connectivity index is 0.00000288. The number of halogens is 1. The predicted molar refractivity (Wildman–Crippen MR) is 110 cm³/mol. The number of nitrogens with one attached hydrogen (secondary N) is 2. The van der Waals surface area contributed by atoms with E-state index in [2.05, 4.69) is 28.6 Å². The maximum absolute atomic E-state index is 5.78. The van der Waals surface area contributed by atoms with Gasteiger partial charge in [-0.25, -0.2) is 0 Å². The molecule has 1 aromatic carbocycles. The van der Waals surface area contributed by atoms with Crippen molar-refractivity contribution >= 4 is 40.9 Å². The van der Waals surface area contributed by atoms with Gasteiger partial charge in [-0.2, -0.15) is 0 Å². The van der Waals surface area contributed by atoms with Gasteiger partial charge in [0.2, 0.25) is 0 Å². The smallest absolute Gasteiger partial charge is 0.191 e. The van der Waals surface area contributed by atoms with Gasteiger partial charge >= 0.3 is 0 Å². The van der Waals surface area contributed by atoms with Gasteiger partial charge in [-0.05, 0) is 25.0 Å². The molecule has 1 aromatic heterocycles. The summed E-state index contributed by atoms with van der Waals surface area (Å²) in [5.41, 5.74) is 0.913. The Morgan fingerprint density at radius 2 is 1.96 bits per heavy atom. The summed E-state index contributed by atoms with van der Waals surface area (Å²) in [5.74, 6) is 1.68. The minimum Gasteiger partial charge on any atom is -0.459 e. The van der Waals surface area contributed by atoms with Crippen LogP contribution in [0.25, 0.3) is 11.0 Å². The van der Waals surface area contributed by atoms with Gasteiger partial charge in [-0.15, -0.1) is 24.0 Å². The summed E-state index contributed by atoms with van der Waals surface area (Å²) in [6.45, 7) is 5.26. The molecule has 24 heavy (non-hydrogen) atoms. The third-order valence-electron chi connectivity index (χ3n) is 3.53. The predicted octanol–water partition coefficient (Wildman–Crippen LogP) is 3.92. The molecule has 0 spiro atoms.